The van der Waals surface area contributed by atoms with Crippen molar-refractivity contribution >= 4 is 23.2 Å². The summed E-state index contributed by atoms with van der Waals surface area (Å²) < 4.78 is 1.66. The zero-order valence-electron chi connectivity index (χ0n) is 16.1. The lowest BCUT2D eigenvalue weighted by atomic mass is 9.99. The van der Waals surface area contributed by atoms with Crippen LogP contribution in [0.4, 0.5) is 5.69 Å². The molecule has 6 heteroatoms. The number of benzene rings is 1. The van der Waals surface area contributed by atoms with E-state index in [1.54, 1.807) is 23.8 Å². The number of amides is 1. The van der Waals surface area contributed by atoms with E-state index in [0.717, 1.165) is 37.1 Å². The van der Waals surface area contributed by atoms with E-state index >= 15 is 0 Å². The Labute approximate surface area is 164 Å². The molecule has 5 nitrogen and oxygen atoms in total. The molecule has 1 aliphatic heterocycles. The van der Waals surface area contributed by atoms with Crippen LogP contribution in [0.3, 0.4) is 0 Å². The van der Waals surface area contributed by atoms with E-state index in [1.807, 2.05) is 26.0 Å². The van der Waals surface area contributed by atoms with Gasteiger partial charge in [0, 0.05) is 12.7 Å². The first-order valence-corrected chi connectivity index (χ1v) is 9.73. The maximum absolute atomic E-state index is 13.0. The molecule has 0 radical (unpaired) electrons. The minimum atomic E-state index is -0.414. The molecule has 0 aliphatic carbocycles. The molecule has 1 saturated heterocycles. The molecule has 144 valence electrons. The number of hydrogen-bond donors (Lipinski definition) is 2. The number of nitrogens with one attached hydrogen (secondary N) is 2. The molecule has 1 unspecified atom stereocenters. The minimum Gasteiger partial charge on any atom is -0.320 e. The average Bonchev–Trinajstić information content (AvgIpc) is 2.61. The standard InChI is InChI=1S/C21H26ClN3O2/c1-13-9-15(3)19(17(22)10-13)24-20(26)18-14(2)6-8-25(21(18)27)12-16-5-4-7-23-11-16/h6,8-10,16,23H,4-5,7,11-12H2,1-3H3,(H,24,26). The second-order valence-electron chi connectivity index (χ2n) is 7.44. The number of nitrogens with zero attached hydrogens (tertiary/aromatic N) is 1. The van der Waals surface area contributed by atoms with Crippen LogP contribution >= 0.6 is 11.6 Å². The van der Waals surface area contributed by atoms with Crippen LogP contribution < -0.4 is 16.2 Å². The van der Waals surface area contributed by atoms with Crippen LogP contribution in [0.5, 0.6) is 0 Å². The molecular weight excluding hydrogens is 362 g/mol. The van der Waals surface area contributed by atoms with Gasteiger partial charge in [-0.15, -0.1) is 0 Å². The summed E-state index contributed by atoms with van der Waals surface area (Å²) in [6, 6.07) is 5.58. The maximum Gasteiger partial charge on any atom is 0.263 e. The lowest BCUT2D eigenvalue weighted by Crippen LogP contribution is -2.36. The highest BCUT2D eigenvalue weighted by Gasteiger charge is 2.20. The molecule has 0 spiro atoms. The predicted octanol–water partition coefficient (Wildman–Crippen LogP) is 3.68. The molecule has 0 saturated carbocycles. The van der Waals surface area contributed by atoms with Crippen molar-refractivity contribution in [3.8, 4) is 0 Å². The smallest absolute Gasteiger partial charge is 0.263 e. The summed E-state index contributed by atoms with van der Waals surface area (Å²) in [4.78, 5) is 25.9. The summed E-state index contributed by atoms with van der Waals surface area (Å²) in [5.74, 6) is -0.00803. The summed E-state index contributed by atoms with van der Waals surface area (Å²) in [5, 5.41) is 6.68. The molecule has 1 aromatic heterocycles. The van der Waals surface area contributed by atoms with Gasteiger partial charge in [0.15, 0.2) is 0 Å². The highest BCUT2D eigenvalue weighted by atomic mass is 35.5. The van der Waals surface area contributed by atoms with Crippen molar-refractivity contribution in [1.29, 1.82) is 0 Å². The maximum atomic E-state index is 13.0. The van der Waals surface area contributed by atoms with E-state index in [2.05, 4.69) is 10.6 Å². The van der Waals surface area contributed by atoms with Crippen molar-refractivity contribution in [1.82, 2.24) is 9.88 Å². The second-order valence-corrected chi connectivity index (χ2v) is 7.84. The third-order valence-corrected chi connectivity index (χ3v) is 5.42. The quantitative estimate of drug-likeness (QED) is 0.841. The van der Waals surface area contributed by atoms with Gasteiger partial charge in [0.2, 0.25) is 0 Å². The van der Waals surface area contributed by atoms with Crippen molar-refractivity contribution in [3.63, 3.8) is 0 Å². The fourth-order valence-electron chi connectivity index (χ4n) is 3.69. The lowest BCUT2D eigenvalue weighted by molar-refractivity contribution is 0.102. The minimum absolute atomic E-state index is 0.178. The number of piperidine rings is 1. The topological polar surface area (TPSA) is 63.1 Å². The zero-order valence-corrected chi connectivity index (χ0v) is 16.8. The predicted molar refractivity (Wildman–Crippen MR) is 110 cm³/mol. The van der Waals surface area contributed by atoms with Crippen molar-refractivity contribution < 1.29 is 4.79 Å². The molecule has 1 aliphatic rings. The van der Waals surface area contributed by atoms with Crippen LogP contribution in [-0.4, -0.2) is 23.6 Å². The van der Waals surface area contributed by atoms with Crippen LogP contribution in [0.2, 0.25) is 5.02 Å². The third-order valence-electron chi connectivity index (χ3n) is 5.12. The molecule has 3 rings (SSSR count). The highest BCUT2D eigenvalue weighted by molar-refractivity contribution is 6.34. The van der Waals surface area contributed by atoms with Crippen LogP contribution in [0, 0.1) is 26.7 Å². The monoisotopic (exact) mass is 387 g/mol. The average molecular weight is 388 g/mol. The Bertz CT molecular complexity index is 891. The van der Waals surface area contributed by atoms with E-state index in [1.165, 1.54) is 0 Å². The summed E-state index contributed by atoms with van der Waals surface area (Å²) >= 11 is 6.30. The van der Waals surface area contributed by atoms with E-state index in [-0.39, 0.29) is 11.1 Å². The fourth-order valence-corrected chi connectivity index (χ4v) is 4.06. The Morgan fingerprint density at radius 1 is 1.30 bits per heavy atom. The number of pyridine rings is 1. The third kappa shape index (κ3) is 4.42. The van der Waals surface area contributed by atoms with Gasteiger partial charge in [-0.3, -0.25) is 9.59 Å². The molecule has 2 N–H and O–H groups in total. The van der Waals surface area contributed by atoms with E-state index in [9.17, 15) is 9.59 Å². The Balaban J connectivity index is 1.88. The number of rotatable bonds is 4. The molecule has 1 aromatic carbocycles. The zero-order chi connectivity index (χ0) is 19.6. The number of aryl methyl sites for hydroxylation is 3. The van der Waals surface area contributed by atoms with Gasteiger partial charge in [-0.1, -0.05) is 17.7 Å². The molecule has 1 fully saturated rings. The molecular formula is C21H26ClN3O2. The first kappa shape index (κ1) is 19.6. The van der Waals surface area contributed by atoms with Crippen molar-refractivity contribution in [2.75, 3.05) is 18.4 Å². The molecule has 2 aromatic rings. The van der Waals surface area contributed by atoms with Gasteiger partial charge in [0.05, 0.1) is 10.7 Å². The fraction of sp³-hybridized carbons (Fsp3) is 0.429. The molecule has 1 atom stereocenters. The Morgan fingerprint density at radius 2 is 2.07 bits per heavy atom. The van der Waals surface area contributed by atoms with Crippen molar-refractivity contribution in [2.45, 2.75) is 40.2 Å². The van der Waals surface area contributed by atoms with Crippen LogP contribution in [0.15, 0.2) is 29.2 Å². The van der Waals surface area contributed by atoms with Crippen molar-refractivity contribution in [3.05, 3.63) is 62.0 Å². The first-order valence-electron chi connectivity index (χ1n) is 9.35. The van der Waals surface area contributed by atoms with E-state index in [0.29, 0.717) is 28.7 Å². The van der Waals surface area contributed by atoms with Gasteiger partial charge in [-0.25, -0.2) is 0 Å². The number of halogens is 1. The number of carbonyl (C=O) groups is 1. The highest BCUT2D eigenvalue weighted by Crippen LogP contribution is 2.27. The summed E-state index contributed by atoms with van der Waals surface area (Å²) in [5.41, 5.74) is 3.04. The summed E-state index contributed by atoms with van der Waals surface area (Å²) in [6.45, 7) is 8.18. The Hall–Kier alpha value is -2.11. The summed E-state index contributed by atoms with van der Waals surface area (Å²) in [7, 11) is 0. The number of hydrogen-bond acceptors (Lipinski definition) is 3. The van der Waals surface area contributed by atoms with Gasteiger partial charge in [-0.05, 0) is 81.4 Å². The van der Waals surface area contributed by atoms with E-state index < -0.39 is 5.91 Å². The number of carbonyl (C=O) groups excluding carboxylic acids is 1. The Morgan fingerprint density at radius 3 is 2.74 bits per heavy atom. The number of anilines is 1. The first-order chi connectivity index (χ1) is 12.9. The molecule has 2 heterocycles. The lowest BCUT2D eigenvalue weighted by Gasteiger charge is -2.23. The van der Waals surface area contributed by atoms with Gasteiger partial charge in [0.25, 0.3) is 11.5 Å². The second kappa shape index (κ2) is 8.28. The summed E-state index contributed by atoms with van der Waals surface area (Å²) in [6.07, 6.45) is 3.99. The van der Waals surface area contributed by atoms with Gasteiger partial charge in [-0.2, -0.15) is 0 Å². The van der Waals surface area contributed by atoms with Gasteiger partial charge in [0.1, 0.15) is 5.56 Å². The van der Waals surface area contributed by atoms with E-state index in [4.69, 9.17) is 11.6 Å². The van der Waals surface area contributed by atoms with Crippen LogP contribution in [-0.2, 0) is 6.54 Å². The van der Waals surface area contributed by atoms with Gasteiger partial charge < -0.3 is 15.2 Å². The largest absolute Gasteiger partial charge is 0.320 e. The SMILES string of the molecule is Cc1cc(C)c(NC(=O)c2c(C)ccn(CC3CCCNC3)c2=O)c(Cl)c1. The van der Waals surface area contributed by atoms with Gasteiger partial charge >= 0.3 is 0 Å². The molecule has 27 heavy (non-hydrogen) atoms. The normalized spacial score (nSPS) is 17.0. The Kier molecular flexibility index (Phi) is 6.02. The molecule has 1 amide bonds. The number of aromatic nitrogens is 1. The molecule has 0 bridgehead atoms. The van der Waals surface area contributed by atoms with Crippen LogP contribution in [0.25, 0.3) is 0 Å². The van der Waals surface area contributed by atoms with Crippen LogP contribution in [0.1, 0.15) is 39.9 Å². The van der Waals surface area contributed by atoms with Crippen molar-refractivity contribution in [2.24, 2.45) is 5.92 Å².